The lowest BCUT2D eigenvalue weighted by Crippen LogP contribution is -2.26. The Kier molecular flexibility index (Phi) is 2.91. The van der Waals surface area contributed by atoms with Crippen molar-refractivity contribution in [2.45, 2.75) is 6.42 Å². The summed E-state index contributed by atoms with van der Waals surface area (Å²) in [7, 11) is 0. The van der Waals surface area contributed by atoms with Crippen molar-refractivity contribution in [3.8, 4) is 0 Å². The van der Waals surface area contributed by atoms with Crippen LogP contribution < -0.4 is 4.90 Å². The molecule has 1 N–H and O–H groups in total. The lowest BCUT2D eigenvalue weighted by atomic mass is 10.1. The molecule has 0 bridgehead atoms. The largest absolute Gasteiger partial charge is 0.481 e. The van der Waals surface area contributed by atoms with Crippen LogP contribution in [0, 0.1) is 5.92 Å². The minimum Gasteiger partial charge on any atom is -0.481 e. The average molecular weight is 285 g/mol. The number of nitrogens with zero attached hydrogens (tertiary/aromatic N) is 2. The summed E-state index contributed by atoms with van der Waals surface area (Å²) < 4.78 is 0.622. The quantitative estimate of drug-likeness (QED) is 0.831. The number of halogens is 1. The molecule has 16 heavy (non-hydrogen) atoms. The number of anilines is 1. The van der Waals surface area contributed by atoms with Crippen LogP contribution in [0.4, 0.5) is 5.82 Å². The summed E-state index contributed by atoms with van der Waals surface area (Å²) in [4.78, 5) is 27.9. The van der Waals surface area contributed by atoms with E-state index in [1.807, 2.05) is 0 Å². The zero-order chi connectivity index (χ0) is 11.7. The van der Waals surface area contributed by atoms with Gasteiger partial charge in [0.1, 0.15) is 10.4 Å². The number of amides is 1. The number of hydrogen-bond acceptors (Lipinski definition) is 3. The van der Waals surface area contributed by atoms with E-state index in [1.165, 1.54) is 4.90 Å². The van der Waals surface area contributed by atoms with Crippen LogP contribution in [0.1, 0.15) is 6.42 Å². The molecule has 1 atom stereocenters. The maximum atomic E-state index is 11.6. The molecular formula is C10H9BrN2O3. The Hall–Kier alpha value is -1.43. The molecule has 2 heterocycles. The van der Waals surface area contributed by atoms with Crippen molar-refractivity contribution < 1.29 is 14.7 Å². The highest BCUT2D eigenvalue weighted by atomic mass is 79.9. The van der Waals surface area contributed by atoms with Crippen LogP contribution in [0.25, 0.3) is 0 Å². The standard InChI is InChI=1S/C10H9BrN2O3/c11-7-2-1-3-8(12-7)13-5-6(10(15)16)4-9(13)14/h1-3,6H,4-5H2,(H,15,16). The Bertz CT molecular complexity index is 449. The molecule has 0 spiro atoms. The first-order valence-electron chi connectivity index (χ1n) is 4.73. The zero-order valence-corrected chi connectivity index (χ0v) is 9.85. The second-order valence-electron chi connectivity index (χ2n) is 3.56. The molecule has 5 nitrogen and oxygen atoms in total. The molecular weight excluding hydrogens is 276 g/mol. The summed E-state index contributed by atoms with van der Waals surface area (Å²) in [5.74, 6) is -1.28. The Balaban J connectivity index is 2.23. The molecule has 1 amide bonds. The van der Waals surface area contributed by atoms with Crippen molar-refractivity contribution in [2.75, 3.05) is 11.4 Å². The molecule has 1 aliphatic heterocycles. The Morgan fingerprint density at radius 2 is 2.31 bits per heavy atom. The maximum Gasteiger partial charge on any atom is 0.308 e. The topological polar surface area (TPSA) is 70.5 Å². The van der Waals surface area contributed by atoms with E-state index in [2.05, 4.69) is 20.9 Å². The van der Waals surface area contributed by atoms with Crippen molar-refractivity contribution >= 4 is 33.6 Å². The highest BCUT2D eigenvalue weighted by Crippen LogP contribution is 2.24. The van der Waals surface area contributed by atoms with Crippen LogP contribution in [0.3, 0.4) is 0 Å². The van der Waals surface area contributed by atoms with Gasteiger partial charge >= 0.3 is 5.97 Å². The van der Waals surface area contributed by atoms with Crippen molar-refractivity contribution in [3.63, 3.8) is 0 Å². The van der Waals surface area contributed by atoms with E-state index in [0.717, 1.165) is 0 Å². The van der Waals surface area contributed by atoms with Crippen molar-refractivity contribution in [3.05, 3.63) is 22.8 Å². The first-order chi connectivity index (χ1) is 7.58. The van der Waals surface area contributed by atoms with Crippen LogP contribution in [-0.4, -0.2) is 28.5 Å². The van der Waals surface area contributed by atoms with Gasteiger partial charge in [-0.1, -0.05) is 6.07 Å². The number of carbonyl (C=O) groups excluding carboxylic acids is 1. The van der Waals surface area contributed by atoms with Crippen LogP contribution in [0.5, 0.6) is 0 Å². The fourth-order valence-corrected chi connectivity index (χ4v) is 1.98. The van der Waals surface area contributed by atoms with Gasteiger partial charge < -0.3 is 5.11 Å². The summed E-state index contributed by atoms with van der Waals surface area (Å²) >= 11 is 3.21. The van der Waals surface area contributed by atoms with Crippen molar-refractivity contribution in [1.82, 2.24) is 4.98 Å². The van der Waals surface area contributed by atoms with Gasteiger partial charge in [0.25, 0.3) is 0 Å². The Morgan fingerprint density at radius 1 is 1.56 bits per heavy atom. The minimum absolute atomic E-state index is 0.0452. The van der Waals surface area contributed by atoms with Gasteiger partial charge in [-0.15, -0.1) is 0 Å². The molecule has 1 unspecified atom stereocenters. The SMILES string of the molecule is O=C(O)C1CC(=O)N(c2cccc(Br)n2)C1. The number of carboxylic acids is 1. The first kappa shape index (κ1) is 11.1. The third-order valence-corrected chi connectivity index (χ3v) is 2.89. The number of rotatable bonds is 2. The third-order valence-electron chi connectivity index (χ3n) is 2.45. The number of pyridine rings is 1. The van der Waals surface area contributed by atoms with Crippen LogP contribution in [0.2, 0.25) is 0 Å². The molecule has 2 rings (SSSR count). The predicted octanol–water partition coefficient (Wildman–Crippen LogP) is 1.28. The van der Waals surface area contributed by atoms with Gasteiger partial charge in [0.15, 0.2) is 0 Å². The van der Waals surface area contributed by atoms with E-state index in [-0.39, 0.29) is 18.9 Å². The second kappa shape index (κ2) is 4.21. The van der Waals surface area contributed by atoms with Gasteiger partial charge in [0, 0.05) is 13.0 Å². The summed E-state index contributed by atoms with van der Waals surface area (Å²) in [5.41, 5.74) is 0. The van der Waals surface area contributed by atoms with E-state index in [4.69, 9.17) is 5.11 Å². The number of carboxylic acid groups (broad SMARTS) is 1. The molecule has 6 heteroatoms. The lowest BCUT2D eigenvalue weighted by molar-refractivity contribution is -0.141. The number of carbonyl (C=O) groups is 2. The van der Waals surface area contributed by atoms with Crippen LogP contribution in [-0.2, 0) is 9.59 Å². The molecule has 0 aromatic carbocycles. The normalized spacial score (nSPS) is 20.2. The predicted molar refractivity (Wildman–Crippen MR) is 60.0 cm³/mol. The Morgan fingerprint density at radius 3 is 2.88 bits per heavy atom. The molecule has 0 radical (unpaired) electrons. The zero-order valence-electron chi connectivity index (χ0n) is 8.26. The highest BCUT2D eigenvalue weighted by Gasteiger charge is 2.35. The fraction of sp³-hybridized carbons (Fsp3) is 0.300. The number of hydrogen-bond donors (Lipinski definition) is 1. The van der Waals surface area contributed by atoms with Crippen molar-refractivity contribution in [2.24, 2.45) is 5.92 Å². The summed E-state index contributed by atoms with van der Waals surface area (Å²) in [6.45, 7) is 0.192. The Labute approximate surface area is 100 Å². The third kappa shape index (κ3) is 2.06. The molecule has 1 aromatic rings. The molecule has 1 saturated heterocycles. The van der Waals surface area contributed by atoms with Crippen LogP contribution >= 0.6 is 15.9 Å². The number of aromatic nitrogens is 1. The summed E-state index contributed by atoms with van der Waals surface area (Å²) in [5, 5.41) is 8.84. The van der Waals surface area contributed by atoms with Crippen LogP contribution in [0.15, 0.2) is 22.8 Å². The van der Waals surface area contributed by atoms with E-state index < -0.39 is 11.9 Å². The van der Waals surface area contributed by atoms with E-state index in [0.29, 0.717) is 10.4 Å². The molecule has 1 aromatic heterocycles. The monoisotopic (exact) mass is 284 g/mol. The highest BCUT2D eigenvalue weighted by molar-refractivity contribution is 9.10. The summed E-state index contributed by atoms with van der Waals surface area (Å²) in [6, 6.07) is 5.19. The lowest BCUT2D eigenvalue weighted by Gasteiger charge is -2.14. The van der Waals surface area contributed by atoms with Gasteiger partial charge in [-0.3, -0.25) is 14.5 Å². The molecule has 0 aliphatic carbocycles. The van der Waals surface area contributed by atoms with Gasteiger partial charge in [0.2, 0.25) is 5.91 Å². The van der Waals surface area contributed by atoms with Gasteiger partial charge in [-0.05, 0) is 28.1 Å². The van der Waals surface area contributed by atoms with Gasteiger partial charge in [0.05, 0.1) is 5.92 Å². The minimum atomic E-state index is -0.939. The molecule has 1 aliphatic rings. The van der Waals surface area contributed by atoms with E-state index in [9.17, 15) is 9.59 Å². The number of aliphatic carboxylic acids is 1. The molecule has 0 saturated carbocycles. The average Bonchev–Trinajstić information content (AvgIpc) is 2.60. The summed E-state index contributed by atoms with van der Waals surface area (Å²) in [6.07, 6.45) is 0.0452. The van der Waals surface area contributed by atoms with Crippen molar-refractivity contribution in [1.29, 1.82) is 0 Å². The van der Waals surface area contributed by atoms with Gasteiger partial charge in [-0.25, -0.2) is 4.98 Å². The maximum absolute atomic E-state index is 11.6. The second-order valence-corrected chi connectivity index (χ2v) is 4.37. The van der Waals surface area contributed by atoms with E-state index in [1.54, 1.807) is 18.2 Å². The molecule has 1 fully saturated rings. The first-order valence-corrected chi connectivity index (χ1v) is 5.53. The van der Waals surface area contributed by atoms with Gasteiger partial charge in [-0.2, -0.15) is 0 Å². The smallest absolute Gasteiger partial charge is 0.308 e. The molecule has 84 valence electrons. The van der Waals surface area contributed by atoms with E-state index >= 15 is 0 Å². The fourth-order valence-electron chi connectivity index (χ4n) is 1.64.